The minimum absolute atomic E-state index is 0.0138. The van der Waals surface area contributed by atoms with Gasteiger partial charge in [-0.25, -0.2) is 4.98 Å². The molecule has 0 radical (unpaired) electrons. The number of benzene rings is 1. The smallest absolute Gasteiger partial charge is 0.219 e. The predicted octanol–water partition coefficient (Wildman–Crippen LogP) is 3.44. The molecule has 0 aliphatic rings. The molecule has 2 aromatic rings. The van der Waals surface area contributed by atoms with Crippen molar-refractivity contribution in [3.05, 3.63) is 52.1 Å². The number of nitrogens with zero attached hydrogens (tertiary/aromatic N) is 1. The summed E-state index contributed by atoms with van der Waals surface area (Å²) in [7, 11) is 0. The molecule has 1 aromatic carbocycles. The Morgan fingerprint density at radius 1 is 1.24 bits per heavy atom. The zero-order valence-electron chi connectivity index (χ0n) is 9.35. The highest BCUT2D eigenvalue weighted by molar-refractivity contribution is 9.10. The fourth-order valence-corrected chi connectivity index (χ4v) is 1.74. The third-order valence-corrected chi connectivity index (χ3v) is 2.74. The first kappa shape index (κ1) is 12.1. The van der Waals surface area contributed by atoms with Gasteiger partial charge in [0.1, 0.15) is 5.75 Å². The zero-order chi connectivity index (χ0) is 12.3. The normalized spacial score (nSPS) is 10.3. The maximum atomic E-state index is 9.10. The van der Waals surface area contributed by atoms with Crippen molar-refractivity contribution >= 4 is 15.9 Å². The van der Waals surface area contributed by atoms with Gasteiger partial charge in [0, 0.05) is 16.2 Å². The average molecular weight is 294 g/mol. The van der Waals surface area contributed by atoms with E-state index in [0.29, 0.717) is 5.88 Å². The lowest BCUT2D eigenvalue weighted by Crippen LogP contribution is -1.93. The highest BCUT2D eigenvalue weighted by atomic mass is 79.9. The van der Waals surface area contributed by atoms with Crippen molar-refractivity contribution in [3.63, 3.8) is 0 Å². The molecule has 0 unspecified atom stereocenters. The van der Waals surface area contributed by atoms with E-state index >= 15 is 0 Å². The molecule has 0 fully saturated rings. The molecule has 0 aliphatic carbocycles. The molecule has 0 bridgehead atoms. The van der Waals surface area contributed by atoms with Gasteiger partial charge in [0.2, 0.25) is 5.88 Å². The first-order chi connectivity index (χ1) is 8.17. The molecule has 2 rings (SSSR count). The van der Waals surface area contributed by atoms with Crippen LogP contribution in [0.2, 0.25) is 0 Å². The number of aliphatic hydroxyl groups is 1. The van der Waals surface area contributed by atoms with Crippen LogP contribution in [0.3, 0.4) is 0 Å². The Morgan fingerprint density at radius 2 is 1.94 bits per heavy atom. The summed E-state index contributed by atoms with van der Waals surface area (Å²) >= 11 is 3.36. The number of aryl methyl sites for hydroxylation is 1. The van der Waals surface area contributed by atoms with E-state index < -0.39 is 0 Å². The third kappa shape index (κ3) is 3.28. The number of pyridine rings is 1. The van der Waals surface area contributed by atoms with Crippen molar-refractivity contribution in [2.75, 3.05) is 0 Å². The first-order valence-electron chi connectivity index (χ1n) is 5.19. The molecule has 0 saturated carbocycles. The van der Waals surface area contributed by atoms with E-state index in [1.54, 1.807) is 6.07 Å². The zero-order valence-corrected chi connectivity index (χ0v) is 10.9. The number of ether oxygens (including phenoxy) is 1. The highest BCUT2D eigenvalue weighted by Gasteiger charge is 2.02. The SMILES string of the molecule is Cc1cc(CO)cc(Oc2ccc(Br)cc2)n1. The minimum Gasteiger partial charge on any atom is -0.439 e. The average Bonchev–Trinajstić information content (AvgIpc) is 2.31. The van der Waals surface area contributed by atoms with Crippen LogP contribution in [-0.2, 0) is 6.61 Å². The van der Waals surface area contributed by atoms with Gasteiger partial charge in [-0.2, -0.15) is 0 Å². The van der Waals surface area contributed by atoms with Gasteiger partial charge in [0.05, 0.1) is 6.61 Å². The molecule has 4 heteroatoms. The van der Waals surface area contributed by atoms with Gasteiger partial charge in [-0.3, -0.25) is 0 Å². The molecule has 88 valence electrons. The number of aliphatic hydroxyl groups excluding tert-OH is 1. The summed E-state index contributed by atoms with van der Waals surface area (Å²) < 4.78 is 6.61. The van der Waals surface area contributed by atoms with E-state index in [2.05, 4.69) is 20.9 Å². The lowest BCUT2D eigenvalue weighted by Gasteiger charge is -2.07. The Balaban J connectivity index is 2.23. The standard InChI is InChI=1S/C13H12BrNO2/c1-9-6-10(8-16)7-13(15-9)17-12-4-2-11(14)3-5-12/h2-7,16H,8H2,1H3. The van der Waals surface area contributed by atoms with E-state index in [-0.39, 0.29) is 6.61 Å². The van der Waals surface area contributed by atoms with Gasteiger partial charge < -0.3 is 9.84 Å². The van der Waals surface area contributed by atoms with Crippen molar-refractivity contribution in [1.82, 2.24) is 4.98 Å². The molecule has 0 saturated heterocycles. The van der Waals surface area contributed by atoms with Crippen LogP contribution in [0.25, 0.3) is 0 Å². The molecule has 1 N–H and O–H groups in total. The van der Waals surface area contributed by atoms with E-state index in [9.17, 15) is 0 Å². The second-order valence-corrected chi connectivity index (χ2v) is 4.58. The third-order valence-electron chi connectivity index (χ3n) is 2.21. The van der Waals surface area contributed by atoms with Crippen molar-refractivity contribution in [3.8, 4) is 11.6 Å². The maximum absolute atomic E-state index is 9.10. The fraction of sp³-hybridized carbons (Fsp3) is 0.154. The quantitative estimate of drug-likeness (QED) is 0.943. The molecule has 0 aliphatic heterocycles. The van der Waals surface area contributed by atoms with Crippen molar-refractivity contribution in [2.45, 2.75) is 13.5 Å². The molecule has 0 amide bonds. The molecule has 17 heavy (non-hydrogen) atoms. The number of hydrogen-bond donors (Lipinski definition) is 1. The van der Waals surface area contributed by atoms with Crippen LogP contribution in [0.4, 0.5) is 0 Å². The van der Waals surface area contributed by atoms with Gasteiger partial charge in [-0.15, -0.1) is 0 Å². The lowest BCUT2D eigenvalue weighted by molar-refractivity contribution is 0.281. The van der Waals surface area contributed by atoms with Crippen molar-refractivity contribution in [2.24, 2.45) is 0 Å². The second-order valence-electron chi connectivity index (χ2n) is 3.67. The number of aromatic nitrogens is 1. The van der Waals surface area contributed by atoms with Gasteiger partial charge in [-0.05, 0) is 42.8 Å². The molecule has 0 spiro atoms. The highest BCUT2D eigenvalue weighted by Crippen LogP contribution is 2.22. The molecule has 0 atom stereocenters. The maximum Gasteiger partial charge on any atom is 0.219 e. The van der Waals surface area contributed by atoms with Crippen LogP contribution in [0.1, 0.15) is 11.3 Å². The molecule has 1 heterocycles. The molecular formula is C13H12BrNO2. The summed E-state index contributed by atoms with van der Waals surface area (Å²) in [5.74, 6) is 1.21. The Hall–Kier alpha value is -1.39. The van der Waals surface area contributed by atoms with E-state index in [4.69, 9.17) is 9.84 Å². The summed E-state index contributed by atoms with van der Waals surface area (Å²) in [6.07, 6.45) is 0. The van der Waals surface area contributed by atoms with Crippen LogP contribution in [0.5, 0.6) is 11.6 Å². The van der Waals surface area contributed by atoms with E-state index in [0.717, 1.165) is 21.5 Å². The summed E-state index contributed by atoms with van der Waals surface area (Å²) in [6, 6.07) is 11.1. The summed E-state index contributed by atoms with van der Waals surface area (Å²) in [5, 5.41) is 9.10. The van der Waals surface area contributed by atoms with Gasteiger partial charge in [0.25, 0.3) is 0 Å². The lowest BCUT2D eigenvalue weighted by atomic mass is 10.2. The number of halogens is 1. The Kier molecular flexibility index (Phi) is 3.76. The van der Waals surface area contributed by atoms with Gasteiger partial charge in [0.15, 0.2) is 0 Å². The summed E-state index contributed by atoms with van der Waals surface area (Å²) in [5.41, 5.74) is 1.62. The van der Waals surface area contributed by atoms with Crippen LogP contribution >= 0.6 is 15.9 Å². The molecular weight excluding hydrogens is 282 g/mol. The van der Waals surface area contributed by atoms with Gasteiger partial charge >= 0.3 is 0 Å². The summed E-state index contributed by atoms with van der Waals surface area (Å²) in [4.78, 5) is 4.25. The van der Waals surface area contributed by atoms with Crippen LogP contribution in [0.15, 0.2) is 40.9 Å². The van der Waals surface area contributed by atoms with Crippen LogP contribution < -0.4 is 4.74 Å². The topological polar surface area (TPSA) is 42.4 Å². The van der Waals surface area contributed by atoms with Crippen LogP contribution in [-0.4, -0.2) is 10.1 Å². The molecule has 3 nitrogen and oxygen atoms in total. The minimum atomic E-state index is -0.0138. The first-order valence-corrected chi connectivity index (χ1v) is 5.98. The Morgan fingerprint density at radius 3 is 2.59 bits per heavy atom. The fourth-order valence-electron chi connectivity index (χ4n) is 1.47. The Labute approximate surface area is 108 Å². The van der Waals surface area contributed by atoms with Gasteiger partial charge in [-0.1, -0.05) is 15.9 Å². The van der Waals surface area contributed by atoms with Crippen molar-refractivity contribution in [1.29, 1.82) is 0 Å². The number of hydrogen-bond acceptors (Lipinski definition) is 3. The monoisotopic (exact) mass is 293 g/mol. The predicted molar refractivity (Wildman–Crippen MR) is 69.1 cm³/mol. The van der Waals surface area contributed by atoms with E-state index in [1.807, 2.05) is 37.3 Å². The molecule has 1 aromatic heterocycles. The van der Waals surface area contributed by atoms with Crippen LogP contribution in [0, 0.1) is 6.92 Å². The van der Waals surface area contributed by atoms with E-state index in [1.165, 1.54) is 0 Å². The summed E-state index contributed by atoms with van der Waals surface area (Å²) in [6.45, 7) is 1.85. The second kappa shape index (κ2) is 5.29. The van der Waals surface area contributed by atoms with Crippen molar-refractivity contribution < 1.29 is 9.84 Å². The largest absolute Gasteiger partial charge is 0.439 e. The Bertz CT molecular complexity index is 511. The number of rotatable bonds is 3.